The van der Waals surface area contributed by atoms with Crippen LogP contribution in [0.3, 0.4) is 0 Å². The standard InChI is InChI=1S/C13H20N2O3S/c1-10-9-11-12(5-4-6-13(11)16)15(10)7-8-19(17,18)14(2)3/h9H,4-8H2,1-3H3. The van der Waals surface area contributed by atoms with Crippen LogP contribution in [0.2, 0.25) is 0 Å². The summed E-state index contributed by atoms with van der Waals surface area (Å²) < 4.78 is 26.8. The molecule has 2 rings (SSSR count). The predicted octanol–water partition coefficient (Wildman–Crippen LogP) is 1.21. The number of fused-ring (bicyclic) bond motifs is 1. The third-order valence-electron chi connectivity index (χ3n) is 3.66. The van der Waals surface area contributed by atoms with Gasteiger partial charge in [-0.3, -0.25) is 4.79 Å². The lowest BCUT2D eigenvalue weighted by atomic mass is 9.97. The largest absolute Gasteiger partial charge is 0.347 e. The van der Waals surface area contributed by atoms with Crippen LogP contribution < -0.4 is 0 Å². The van der Waals surface area contributed by atoms with Crippen molar-refractivity contribution in [2.45, 2.75) is 32.7 Å². The molecule has 0 spiro atoms. The van der Waals surface area contributed by atoms with Gasteiger partial charge in [-0.25, -0.2) is 12.7 Å². The Bertz CT molecular complexity index is 600. The highest BCUT2D eigenvalue weighted by molar-refractivity contribution is 7.89. The summed E-state index contributed by atoms with van der Waals surface area (Å²) in [7, 11) is -0.126. The molecule has 0 aliphatic heterocycles. The van der Waals surface area contributed by atoms with Crippen molar-refractivity contribution in [1.29, 1.82) is 0 Å². The van der Waals surface area contributed by atoms with Gasteiger partial charge in [0.1, 0.15) is 0 Å². The summed E-state index contributed by atoms with van der Waals surface area (Å²) in [6.45, 7) is 2.34. The number of hydrogen-bond acceptors (Lipinski definition) is 3. The van der Waals surface area contributed by atoms with Crippen LogP contribution in [0.1, 0.15) is 34.6 Å². The quantitative estimate of drug-likeness (QED) is 0.835. The highest BCUT2D eigenvalue weighted by atomic mass is 32.2. The Labute approximate surface area is 114 Å². The van der Waals surface area contributed by atoms with Crippen LogP contribution >= 0.6 is 0 Å². The number of sulfonamides is 1. The number of ketones is 1. The average molecular weight is 284 g/mol. The summed E-state index contributed by atoms with van der Waals surface area (Å²) in [5.41, 5.74) is 2.75. The summed E-state index contributed by atoms with van der Waals surface area (Å²) in [6, 6.07) is 1.89. The van der Waals surface area contributed by atoms with E-state index in [2.05, 4.69) is 0 Å². The van der Waals surface area contributed by atoms with Gasteiger partial charge in [-0.1, -0.05) is 0 Å². The zero-order valence-electron chi connectivity index (χ0n) is 11.6. The topological polar surface area (TPSA) is 59.4 Å². The van der Waals surface area contributed by atoms with Crippen LogP contribution in [-0.2, 0) is 23.0 Å². The molecule has 1 aromatic heterocycles. The minimum atomic E-state index is -3.20. The van der Waals surface area contributed by atoms with Gasteiger partial charge in [-0.05, 0) is 25.8 Å². The smallest absolute Gasteiger partial charge is 0.215 e. The number of aryl methyl sites for hydroxylation is 1. The first-order valence-corrected chi connectivity index (χ1v) is 8.06. The lowest BCUT2D eigenvalue weighted by molar-refractivity contribution is 0.0972. The van der Waals surface area contributed by atoms with E-state index >= 15 is 0 Å². The Kier molecular flexibility index (Phi) is 3.82. The van der Waals surface area contributed by atoms with E-state index in [1.807, 2.05) is 17.6 Å². The molecule has 0 fully saturated rings. The van der Waals surface area contributed by atoms with Crippen LogP contribution in [0.15, 0.2) is 6.07 Å². The first kappa shape index (κ1) is 14.3. The number of carbonyl (C=O) groups is 1. The summed E-state index contributed by atoms with van der Waals surface area (Å²) in [5.74, 6) is 0.245. The van der Waals surface area contributed by atoms with Crippen molar-refractivity contribution in [3.8, 4) is 0 Å². The van der Waals surface area contributed by atoms with Gasteiger partial charge >= 0.3 is 0 Å². The van der Waals surface area contributed by atoms with Crippen LogP contribution in [-0.4, -0.2) is 42.9 Å². The molecule has 0 radical (unpaired) electrons. The molecule has 0 unspecified atom stereocenters. The Morgan fingerprint density at radius 3 is 2.63 bits per heavy atom. The Hall–Kier alpha value is -1.14. The van der Waals surface area contributed by atoms with Gasteiger partial charge in [-0.15, -0.1) is 0 Å². The lowest BCUT2D eigenvalue weighted by Gasteiger charge is -2.17. The molecular formula is C13H20N2O3S. The highest BCUT2D eigenvalue weighted by Gasteiger charge is 2.23. The van der Waals surface area contributed by atoms with E-state index in [-0.39, 0.29) is 11.5 Å². The maximum Gasteiger partial charge on any atom is 0.215 e. The molecule has 5 nitrogen and oxygen atoms in total. The van der Waals surface area contributed by atoms with Gasteiger partial charge < -0.3 is 4.57 Å². The lowest BCUT2D eigenvalue weighted by Crippen LogP contribution is -2.28. The number of Topliss-reactive ketones (excluding diaryl/α,β-unsaturated/α-hetero) is 1. The van der Waals surface area contributed by atoms with E-state index in [9.17, 15) is 13.2 Å². The monoisotopic (exact) mass is 284 g/mol. The second-order valence-corrected chi connectivity index (χ2v) is 7.48. The summed E-state index contributed by atoms with van der Waals surface area (Å²) in [6.07, 6.45) is 2.32. The third kappa shape index (κ3) is 2.74. The van der Waals surface area contributed by atoms with Crippen LogP contribution in [0, 0.1) is 6.92 Å². The Morgan fingerprint density at radius 2 is 2.00 bits per heavy atom. The Morgan fingerprint density at radius 1 is 1.32 bits per heavy atom. The van der Waals surface area contributed by atoms with E-state index in [0.29, 0.717) is 13.0 Å². The first-order chi connectivity index (χ1) is 8.83. The third-order valence-corrected chi connectivity index (χ3v) is 5.47. The zero-order valence-corrected chi connectivity index (χ0v) is 12.5. The molecule has 0 amide bonds. The van der Waals surface area contributed by atoms with Crippen molar-refractivity contribution in [1.82, 2.24) is 8.87 Å². The molecule has 19 heavy (non-hydrogen) atoms. The van der Waals surface area contributed by atoms with Crippen molar-refractivity contribution < 1.29 is 13.2 Å². The predicted molar refractivity (Wildman–Crippen MR) is 73.9 cm³/mol. The SMILES string of the molecule is Cc1cc2c(n1CCS(=O)(=O)N(C)C)CCCC2=O. The molecule has 6 heteroatoms. The molecule has 0 saturated carbocycles. The number of aromatic nitrogens is 1. The van der Waals surface area contributed by atoms with E-state index in [4.69, 9.17) is 0 Å². The second-order valence-electron chi connectivity index (χ2n) is 5.17. The van der Waals surface area contributed by atoms with Crippen LogP contribution in [0.25, 0.3) is 0 Å². The highest BCUT2D eigenvalue weighted by Crippen LogP contribution is 2.25. The van der Waals surface area contributed by atoms with E-state index in [1.54, 1.807) is 0 Å². The summed E-state index contributed by atoms with van der Waals surface area (Å²) in [5, 5.41) is 0. The maximum absolute atomic E-state index is 11.8. The van der Waals surface area contributed by atoms with E-state index < -0.39 is 10.0 Å². The number of rotatable bonds is 4. The van der Waals surface area contributed by atoms with Crippen molar-refractivity contribution >= 4 is 15.8 Å². The van der Waals surface area contributed by atoms with Gasteiger partial charge in [0.05, 0.1) is 5.75 Å². The molecule has 1 heterocycles. The van der Waals surface area contributed by atoms with Crippen LogP contribution in [0.5, 0.6) is 0 Å². The molecule has 1 aromatic rings. The minimum absolute atomic E-state index is 0.0656. The summed E-state index contributed by atoms with van der Waals surface area (Å²) in [4.78, 5) is 11.8. The minimum Gasteiger partial charge on any atom is -0.347 e. The molecule has 0 atom stereocenters. The Balaban J connectivity index is 2.25. The molecule has 0 aromatic carbocycles. The molecule has 0 N–H and O–H groups in total. The normalized spacial score (nSPS) is 15.9. The van der Waals surface area contributed by atoms with Gasteiger partial charge in [-0.2, -0.15) is 0 Å². The second kappa shape index (κ2) is 5.09. The van der Waals surface area contributed by atoms with Crippen molar-refractivity contribution in [2.75, 3.05) is 19.8 Å². The molecule has 0 saturated heterocycles. The number of hydrogen-bond donors (Lipinski definition) is 0. The van der Waals surface area contributed by atoms with Crippen molar-refractivity contribution in [2.24, 2.45) is 0 Å². The maximum atomic E-state index is 11.8. The molecule has 1 aliphatic carbocycles. The zero-order chi connectivity index (χ0) is 14.2. The van der Waals surface area contributed by atoms with E-state index in [1.165, 1.54) is 18.4 Å². The number of nitrogens with zero attached hydrogens (tertiary/aromatic N) is 2. The van der Waals surface area contributed by atoms with Crippen molar-refractivity contribution in [3.63, 3.8) is 0 Å². The number of carbonyl (C=O) groups excluding carboxylic acids is 1. The molecular weight excluding hydrogens is 264 g/mol. The van der Waals surface area contributed by atoms with Gasteiger partial charge in [0.15, 0.2) is 5.78 Å². The fraction of sp³-hybridized carbons (Fsp3) is 0.615. The molecule has 0 bridgehead atoms. The van der Waals surface area contributed by atoms with Gasteiger partial charge in [0.2, 0.25) is 10.0 Å². The fourth-order valence-electron chi connectivity index (χ4n) is 2.49. The molecule has 1 aliphatic rings. The van der Waals surface area contributed by atoms with Gasteiger partial charge in [0, 0.05) is 44.0 Å². The fourth-order valence-corrected chi connectivity index (χ4v) is 3.27. The van der Waals surface area contributed by atoms with Gasteiger partial charge in [0.25, 0.3) is 0 Å². The summed E-state index contributed by atoms with van der Waals surface area (Å²) >= 11 is 0. The van der Waals surface area contributed by atoms with Crippen molar-refractivity contribution in [3.05, 3.63) is 23.0 Å². The first-order valence-electron chi connectivity index (χ1n) is 6.45. The van der Waals surface area contributed by atoms with Crippen LogP contribution in [0.4, 0.5) is 0 Å². The molecule has 106 valence electrons. The average Bonchev–Trinajstić information content (AvgIpc) is 2.64. The van der Waals surface area contributed by atoms with E-state index in [0.717, 1.165) is 29.8 Å².